The van der Waals surface area contributed by atoms with E-state index in [1.54, 1.807) is 0 Å². The van der Waals surface area contributed by atoms with E-state index in [0.29, 0.717) is 23.3 Å². The molecule has 0 aromatic heterocycles. The molecule has 2 heterocycles. The number of hydrogen-bond acceptors (Lipinski definition) is 2. The average Bonchev–Trinajstić information content (AvgIpc) is 2.54. The van der Waals surface area contributed by atoms with Gasteiger partial charge in [-0.3, -0.25) is 4.79 Å². The molecule has 0 N–H and O–H groups in total. The molecule has 2 rings (SSSR count). The minimum atomic E-state index is -4.57. The van der Waals surface area contributed by atoms with Gasteiger partial charge in [0.1, 0.15) is 0 Å². The van der Waals surface area contributed by atoms with E-state index in [-0.39, 0.29) is 0 Å². The third-order valence-corrected chi connectivity index (χ3v) is 4.93. The molecule has 0 amide bonds. The van der Waals surface area contributed by atoms with Crippen LogP contribution in [-0.4, -0.2) is 22.5 Å². The van der Waals surface area contributed by atoms with Crippen LogP contribution in [-0.2, 0) is 4.79 Å². The second-order valence-corrected chi connectivity index (χ2v) is 6.07. The number of carbonyl (C=O) groups excluding carboxylic acids is 1. The first-order chi connectivity index (χ1) is 7.38. The van der Waals surface area contributed by atoms with Crippen LogP contribution in [0.25, 0.3) is 0 Å². The summed E-state index contributed by atoms with van der Waals surface area (Å²) in [6.07, 6.45) is -1.31. The van der Waals surface area contributed by atoms with Gasteiger partial charge in [-0.15, -0.1) is 0 Å². The second-order valence-electron chi connectivity index (χ2n) is 4.47. The molecule has 90 valence electrons. The van der Waals surface area contributed by atoms with E-state index in [0.717, 1.165) is 12.8 Å². The molecule has 2 saturated heterocycles. The highest BCUT2D eigenvalue weighted by Gasteiger charge is 2.43. The molecule has 0 aliphatic carbocycles. The molecule has 0 aromatic rings. The zero-order valence-electron chi connectivity index (χ0n) is 8.72. The van der Waals surface area contributed by atoms with E-state index in [9.17, 15) is 18.0 Å². The van der Waals surface area contributed by atoms with Gasteiger partial charge in [0.2, 0.25) is 0 Å². The fourth-order valence-corrected chi connectivity index (χ4v) is 4.23. The van der Waals surface area contributed by atoms with Crippen molar-refractivity contribution in [2.24, 2.45) is 5.92 Å². The normalized spacial score (nSPS) is 33.8. The molecule has 1 nitrogen and oxygen atoms in total. The molecule has 0 spiro atoms. The SMILES string of the molecule is C=C(C(=O)C1CC2CCC(C1)S2)C(F)(F)F. The molecule has 2 bridgehead atoms. The van der Waals surface area contributed by atoms with Gasteiger partial charge in [0, 0.05) is 16.4 Å². The summed E-state index contributed by atoms with van der Waals surface area (Å²) in [4.78, 5) is 11.6. The number of thioether (sulfide) groups is 1. The minimum Gasteiger partial charge on any atom is -0.294 e. The number of allylic oxidation sites excluding steroid dienone is 1. The number of Topliss-reactive ketones (excluding diaryl/α,β-unsaturated/α-hetero) is 1. The van der Waals surface area contributed by atoms with Crippen molar-refractivity contribution in [3.63, 3.8) is 0 Å². The molecule has 2 aliphatic heterocycles. The molecule has 5 heteroatoms. The highest BCUT2D eigenvalue weighted by atomic mass is 32.2. The van der Waals surface area contributed by atoms with Crippen molar-refractivity contribution in [3.8, 4) is 0 Å². The Balaban J connectivity index is 2.03. The van der Waals surface area contributed by atoms with Gasteiger partial charge in [0.25, 0.3) is 0 Å². The highest BCUT2D eigenvalue weighted by Crippen LogP contribution is 2.47. The molecule has 2 aliphatic rings. The Hall–Kier alpha value is -0.450. The second kappa shape index (κ2) is 4.09. The lowest BCUT2D eigenvalue weighted by Gasteiger charge is -2.27. The van der Waals surface area contributed by atoms with E-state index in [2.05, 4.69) is 6.58 Å². The molecule has 2 atom stereocenters. The topological polar surface area (TPSA) is 17.1 Å². The fraction of sp³-hybridized carbons (Fsp3) is 0.727. The van der Waals surface area contributed by atoms with Crippen molar-refractivity contribution in [1.29, 1.82) is 0 Å². The molecular formula is C11H13F3OS. The van der Waals surface area contributed by atoms with Gasteiger partial charge in [0.05, 0.1) is 5.57 Å². The largest absolute Gasteiger partial charge is 0.419 e. The molecule has 2 unspecified atom stereocenters. The summed E-state index contributed by atoms with van der Waals surface area (Å²) < 4.78 is 37.0. The monoisotopic (exact) mass is 250 g/mol. The third-order valence-electron chi connectivity index (χ3n) is 3.30. The number of halogens is 3. The maximum Gasteiger partial charge on any atom is 0.419 e. The Kier molecular flexibility index (Phi) is 3.07. The van der Waals surface area contributed by atoms with Crippen LogP contribution in [0.4, 0.5) is 13.2 Å². The Morgan fingerprint density at radius 3 is 2.12 bits per heavy atom. The van der Waals surface area contributed by atoms with Crippen LogP contribution in [0, 0.1) is 5.92 Å². The zero-order chi connectivity index (χ0) is 11.9. The number of hydrogen-bond donors (Lipinski definition) is 0. The smallest absolute Gasteiger partial charge is 0.294 e. The predicted molar refractivity (Wildman–Crippen MR) is 57.3 cm³/mol. The zero-order valence-corrected chi connectivity index (χ0v) is 9.53. The molecule has 0 saturated carbocycles. The van der Waals surface area contributed by atoms with Gasteiger partial charge in [-0.2, -0.15) is 24.9 Å². The standard InChI is InChI=1S/C11H13F3OS/c1-6(11(12,13)14)10(15)7-4-8-2-3-9(5-7)16-8/h7-9H,1-5H2. The van der Waals surface area contributed by atoms with Gasteiger partial charge in [-0.05, 0) is 25.7 Å². The maximum atomic E-state index is 12.3. The molecule has 2 fully saturated rings. The van der Waals surface area contributed by atoms with Crippen LogP contribution < -0.4 is 0 Å². The van der Waals surface area contributed by atoms with Gasteiger partial charge in [-0.25, -0.2) is 0 Å². The minimum absolute atomic E-state index is 0.383. The molecule has 0 radical (unpaired) electrons. The Bertz CT molecular complexity index is 312. The number of ketones is 1. The molecule has 0 aromatic carbocycles. The average molecular weight is 250 g/mol. The maximum absolute atomic E-state index is 12.3. The summed E-state index contributed by atoms with van der Waals surface area (Å²) in [5.41, 5.74) is -1.18. The van der Waals surface area contributed by atoms with E-state index < -0.39 is 23.5 Å². The fourth-order valence-electron chi connectivity index (χ4n) is 2.46. The Labute approximate surface area is 96.5 Å². The highest BCUT2D eigenvalue weighted by molar-refractivity contribution is 8.00. The van der Waals surface area contributed by atoms with Crippen LogP contribution in [0.2, 0.25) is 0 Å². The van der Waals surface area contributed by atoms with E-state index in [4.69, 9.17) is 0 Å². The van der Waals surface area contributed by atoms with Crippen molar-refractivity contribution < 1.29 is 18.0 Å². The van der Waals surface area contributed by atoms with Gasteiger partial charge < -0.3 is 0 Å². The summed E-state index contributed by atoms with van der Waals surface area (Å²) in [6, 6.07) is 0. The molecular weight excluding hydrogens is 237 g/mol. The van der Waals surface area contributed by atoms with Gasteiger partial charge >= 0.3 is 6.18 Å². The lowest BCUT2D eigenvalue weighted by atomic mass is 9.90. The van der Waals surface area contributed by atoms with Crippen molar-refractivity contribution in [2.75, 3.05) is 0 Å². The number of carbonyl (C=O) groups is 1. The summed E-state index contributed by atoms with van der Waals surface area (Å²) in [6.45, 7) is 2.89. The lowest BCUT2D eigenvalue weighted by molar-refractivity contribution is -0.132. The van der Waals surface area contributed by atoms with Crippen LogP contribution in [0.3, 0.4) is 0 Å². The number of alkyl halides is 3. The quantitative estimate of drug-likeness (QED) is 0.699. The Morgan fingerprint density at radius 1 is 1.19 bits per heavy atom. The van der Waals surface area contributed by atoms with Crippen molar-refractivity contribution in [2.45, 2.75) is 42.4 Å². The van der Waals surface area contributed by atoms with Gasteiger partial charge in [0.15, 0.2) is 5.78 Å². The summed E-state index contributed by atoms with van der Waals surface area (Å²) in [7, 11) is 0. The van der Waals surface area contributed by atoms with Crippen molar-refractivity contribution in [1.82, 2.24) is 0 Å². The van der Waals surface area contributed by atoms with Crippen molar-refractivity contribution in [3.05, 3.63) is 12.2 Å². The summed E-state index contributed by atoms with van der Waals surface area (Å²) in [5, 5.41) is 0.766. The first-order valence-corrected chi connectivity index (χ1v) is 6.28. The van der Waals surface area contributed by atoms with Crippen LogP contribution in [0.15, 0.2) is 12.2 Å². The molecule has 16 heavy (non-hydrogen) atoms. The van der Waals surface area contributed by atoms with E-state index in [1.165, 1.54) is 0 Å². The predicted octanol–water partition coefficient (Wildman–Crippen LogP) is 3.35. The van der Waals surface area contributed by atoms with E-state index in [1.807, 2.05) is 11.8 Å². The van der Waals surface area contributed by atoms with Crippen LogP contribution in [0.5, 0.6) is 0 Å². The summed E-state index contributed by atoms with van der Waals surface area (Å²) >= 11 is 1.83. The Morgan fingerprint density at radius 2 is 1.69 bits per heavy atom. The number of rotatable bonds is 2. The number of fused-ring (bicyclic) bond motifs is 2. The first kappa shape index (κ1) is 12.0. The van der Waals surface area contributed by atoms with Crippen molar-refractivity contribution >= 4 is 17.5 Å². The van der Waals surface area contributed by atoms with Crippen LogP contribution >= 0.6 is 11.8 Å². The lowest BCUT2D eigenvalue weighted by Crippen LogP contribution is -2.30. The van der Waals surface area contributed by atoms with Crippen LogP contribution in [0.1, 0.15) is 25.7 Å². The van der Waals surface area contributed by atoms with Gasteiger partial charge in [-0.1, -0.05) is 6.58 Å². The first-order valence-electron chi connectivity index (χ1n) is 5.33. The van der Waals surface area contributed by atoms with E-state index >= 15 is 0 Å². The third kappa shape index (κ3) is 2.29. The summed E-state index contributed by atoms with van der Waals surface area (Å²) in [5.74, 6) is -1.24.